The van der Waals surface area contributed by atoms with Gasteiger partial charge in [0.1, 0.15) is 0 Å². The van der Waals surface area contributed by atoms with Crippen molar-refractivity contribution in [1.29, 1.82) is 0 Å². The highest BCUT2D eigenvalue weighted by atomic mass is 16.5. The van der Waals surface area contributed by atoms with Gasteiger partial charge in [-0.15, -0.1) is 0 Å². The van der Waals surface area contributed by atoms with Crippen molar-refractivity contribution < 1.29 is 4.74 Å². The first-order chi connectivity index (χ1) is 9.25. The average molecular weight is 277 g/mol. The molecule has 0 fully saturated rings. The molecular formula is C18H31NO. The zero-order valence-corrected chi connectivity index (χ0v) is 14.2. The van der Waals surface area contributed by atoms with Crippen molar-refractivity contribution in [2.24, 2.45) is 5.92 Å². The Morgan fingerprint density at radius 3 is 2.00 bits per heavy atom. The molecule has 0 aromatic heterocycles. The molecule has 20 heavy (non-hydrogen) atoms. The van der Waals surface area contributed by atoms with E-state index in [0.717, 1.165) is 6.61 Å². The van der Waals surface area contributed by atoms with Gasteiger partial charge in [-0.05, 0) is 29.4 Å². The SMILES string of the molecule is COCC(NC(C)c1ccc(C(C)(C)C)cc1)C(C)C. The third-order valence-corrected chi connectivity index (χ3v) is 3.89. The molecule has 1 N–H and O–H groups in total. The lowest BCUT2D eigenvalue weighted by atomic mass is 9.86. The van der Waals surface area contributed by atoms with E-state index >= 15 is 0 Å². The molecule has 0 aliphatic carbocycles. The fourth-order valence-corrected chi connectivity index (χ4v) is 2.30. The van der Waals surface area contributed by atoms with Gasteiger partial charge in [0.15, 0.2) is 0 Å². The molecule has 0 saturated carbocycles. The lowest BCUT2D eigenvalue weighted by Gasteiger charge is -2.27. The minimum Gasteiger partial charge on any atom is -0.383 e. The van der Waals surface area contributed by atoms with E-state index in [9.17, 15) is 0 Å². The summed E-state index contributed by atoms with van der Waals surface area (Å²) in [5.74, 6) is 0.561. The molecule has 0 spiro atoms. The highest BCUT2D eigenvalue weighted by Gasteiger charge is 2.18. The number of nitrogens with one attached hydrogen (secondary N) is 1. The molecule has 1 rings (SSSR count). The van der Waals surface area contributed by atoms with E-state index in [4.69, 9.17) is 4.74 Å². The fourth-order valence-electron chi connectivity index (χ4n) is 2.30. The van der Waals surface area contributed by atoms with Crippen molar-refractivity contribution in [2.75, 3.05) is 13.7 Å². The van der Waals surface area contributed by atoms with Gasteiger partial charge in [0.25, 0.3) is 0 Å². The number of benzene rings is 1. The summed E-state index contributed by atoms with van der Waals surface area (Å²) in [5.41, 5.74) is 2.93. The van der Waals surface area contributed by atoms with Crippen molar-refractivity contribution in [2.45, 2.75) is 59.0 Å². The third-order valence-electron chi connectivity index (χ3n) is 3.89. The molecule has 2 heteroatoms. The summed E-state index contributed by atoms with van der Waals surface area (Å²) < 4.78 is 5.30. The van der Waals surface area contributed by atoms with Crippen LogP contribution in [0.25, 0.3) is 0 Å². The number of ether oxygens (including phenoxy) is 1. The van der Waals surface area contributed by atoms with Crippen LogP contribution in [0.2, 0.25) is 0 Å². The summed E-state index contributed by atoms with van der Waals surface area (Å²) in [4.78, 5) is 0. The Labute approximate surface area is 124 Å². The highest BCUT2D eigenvalue weighted by molar-refractivity contribution is 5.29. The van der Waals surface area contributed by atoms with Crippen LogP contribution in [0.15, 0.2) is 24.3 Å². The van der Waals surface area contributed by atoms with Crippen molar-refractivity contribution in [1.82, 2.24) is 5.32 Å². The van der Waals surface area contributed by atoms with E-state index < -0.39 is 0 Å². The van der Waals surface area contributed by atoms with Crippen molar-refractivity contribution in [3.63, 3.8) is 0 Å². The molecule has 0 heterocycles. The first-order valence-corrected chi connectivity index (χ1v) is 7.61. The van der Waals surface area contributed by atoms with Crippen molar-refractivity contribution in [3.8, 4) is 0 Å². The van der Waals surface area contributed by atoms with Crippen LogP contribution in [-0.4, -0.2) is 19.8 Å². The smallest absolute Gasteiger partial charge is 0.0618 e. The second-order valence-corrected chi connectivity index (χ2v) is 7.07. The monoisotopic (exact) mass is 277 g/mol. The minimum absolute atomic E-state index is 0.214. The van der Waals surface area contributed by atoms with E-state index in [2.05, 4.69) is 71.1 Å². The van der Waals surface area contributed by atoms with Crippen LogP contribution in [0.5, 0.6) is 0 Å². The highest BCUT2D eigenvalue weighted by Crippen LogP contribution is 2.24. The summed E-state index contributed by atoms with van der Waals surface area (Å²) in [6.07, 6.45) is 0. The molecule has 2 nitrogen and oxygen atoms in total. The first kappa shape index (κ1) is 17.2. The topological polar surface area (TPSA) is 21.3 Å². The molecular weight excluding hydrogens is 246 g/mol. The lowest BCUT2D eigenvalue weighted by Crippen LogP contribution is -2.39. The van der Waals surface area contributed by atoms with Gasteiger partial charge in [0, 0.05) is 19.2 Å². The van der Waals surface area contributed by atoms with Crippen LogP contribution in [0, 0.1) is 5.92 Å². The zero-order chi connectivity index (χ0) is 15.3. The predicted molar refractivity (Wildman–Crippen MR) is 87.2 cm³/mol. The van der Waals surface area contributed by atoms with Crippen LogP contribution in [0.1, 0.15) is 58.7 Å². The largest absolute Gasteiger partial charge is 0.383 e. The van der Waals surface area contributed by atoms with Gasteiger partial charge in [-0.25, -0.2) is 0 Å². The van der Waals surface area contributed by atoms with Gasteiger partial charge in [-0.3, -0.25) is 0 Å². The summed E-state index contributed by atoms with van der Waals surface area (Å²) >= 11 is 0. The third kappa shape index (κ3) is 4.92. The van der Waals surface area contributed by atoms with Gasteiger partial charge in [0.2, 0.25) is 0 Å². The number of rotatable bonds is 6. The van der Waals surface area contributed by atoms with Crippen LogP contribution in [0.4, 0.5) is 0 Å². The summed E-state index contributed by atoms with van der Waals surface area (Å²) in [6.45, 7) is 14.2. The van der Waals surface area contributed by atoms with Crippen LogP contribution < -0.4 is 5.32 Å². The van der Waals surface area contributed by atoms with E-state index in [0.29, 0.717) is 18.0 Å². The maximum atomic E-state index is 5.30. The van der Waals surface area contributed by atoms with E-state index in [1.54, 1.807) is 7.11 Å². The summed E-state index contributed by atoms with van der Waals surface area (Å²) in [6, 6.07) is 9.69. The number of hydrogen-bond acceptors (Lipinski definition) is 2. The average Bonchev–Trinajstić information content (AvgIpc) is 2.37. The molecule has 1 aromatic carbocycles. The summed E-state index contributed by atoms with van der Waals surface area (Å²) in [7, 11) is 1.76. The van der Waals surface area contributed by atoms with Gasteiger partial charge in [0.05, 0.1) is 6.61 Å². The molecule has 0 aliphatic heterocycles. The lowest BCUT2D eigenvalue weighted by molar-refractivity contribution is 0.141. The minimum atomic E-state index is 0.214. The van der Waals surface area contributed by atoms with Gasteiger partial charge < -0.3 is 10.1 Å². The molecule has 0 radical (unpaired) electrons. The van der Waals surface area contributed by atoms with Crippen LogP contribution in [0.3, 0.4) is 0 Å². The van der Waals surface area contributed by atoms with Crippen molar-refractivity contribution >= 4 is 0 Å². The Kier molecular flexibility index (Phi) is 6.22. The Bertz CT molecular complexity index is 389. The quantitative estimate of drug-likeness (QED) is 0.837. The van der Waals surface area contributed by atoms with Gasteiger partial charge >= 0.3 is 0 Å². The summed E-state index contributed by atoms with van der Waals surface area (Å²) in [5, 5.41) is 3.67. The molecule has 114 valence electrons. The van der Waals surface area contributed by atoms with Gasteiger partial charge in [-0.2, -0.15) is 0 Å². The van der Waals surface area contributed by atoms with Gasteiger partial charge in [-0.1, -0.05) is 58.9 Å². The molecule has 1 aromatic rings. The fraction of sp³-hybridized carbons (Fsp3) is 0.667. The second kappa shape index (κ2) is 7.24. The first-order valence-electron chi connectivity index (χ1n) is 7.61. The van der Waals surface area contributed by atoms with Crippen LogP contribution >= 0.6 is 0 Å². The zero-order valence-electron chi connectivity index (χ0n) is 14.2. The second-order valence-electron chi connectivity index (χ2n) is 7.07. The van der Waals surface area contributed by atoms with E-state index in [-0.39, 0.29) is 5.41 Å². The molecule has 0 amide bonds. The Hall–Kier alpha value is -0.860. The maximum absolute atomic E-state index is 5.30. The number of hydrogen-bond donors (Lipinski definition) is 1. The Morgan fingerprint density at radius 2 is 1.60 bits per heavy atom. The molecule has 0 aliphatic rings. The Morgan fingerprint density at radius 1 is 1.05 bits per heavy atom. The molecule has 2 unspecified atom stereocenters. The van der Waals surface area contributed by atoms with Crippen molar-refractivity contribution in [3.05, 3.63) is 35.4 Å². The normalized spacial score (nSPS) is 15.4. The molecule has 2 atom stereocenters. The standard InChI is InChI=1S/C18H31NO/c1-13(2)17(12-20-7)19-14(3)15-8-10-16(11-9-15)18(4,5)6/h8-11,13-14,17,19H,12H2,1-7H3. The maximum Gasteiger partial charge on any atom is 0.0618 e. The van der Waals surface area contributed by atoms with E-state index in [1.165, 1.54) is 11.1 Å². The van der Waals surface area contributed by atoms with Crippen LogP contribution in [-0.2, 0) is 10.2 Å². The Balaban J connectivity index is 2.74. The predicted octanol–water partition coefficient (Wildman–Crippen LogP) is 4.31. The molecule has 0 saturated heterocycles. The number of methoxy groups -OCH3 is 1. The molecule has 0 bridgehead atoms. The van der Waals surface area contributed by atoms with E-state index in [1.807, 2.05) is 0 Å².